The number of rotatable bonds is 6. The predicted octanol–water partition coefficient (Wildman–Crippen LogP) is 3.37. The number of ether oxygens (including phenoxy) is 1. The Balaban J connectivity index is 1.38. The molecule has 1 heterocycles. The molecule has 2 amide bonds. The molecule has 1 aromatic heterocycles. The van der Waals surface area contributed by atoms with E-state index in [9.17, 15) is 14.7 Å². The lowest BCUT2D eigenvalue weighted by atomic mass is 9.59. The van der Waals surface area contributed by atoms with Crippen LogP contribution in [0.25, 0.3) is 0 Å². The second-order valence-electron chi connectivity index (χ2n) is 8.71. The van der Waals surface area contributed by atoms with Gasteiger partial charge in [-0.15, -0.1) is 0 Å². The molecule has 2 bridgehead atoms. The molecule has 2 N–H and O–H groups in total. The Morgan fingerprint density at radius 1 is 1.25 bits per heavy atom. The van der Waals surface area contributed by atoms with E-state index < -0.39 is 17.2 Å². The lowest BCUT2D eigenvalue weighted by molar-refractivity contribution is -0.135. The maximum Gasteiger partial charge on any atom is 0.292 e. The number of carbonyl (C=O) groups excluding carboxylic acids is 2. The van der Waals surface area contributed by atoms with Gasteiger partial charge in [-0.3, -0.25) is 9.59 Å². The Kier molecular flexibility index (Phi) is 6.13. The van der Waals surface area contributed by atoms with Crippen molar-refractivity contribution in [3.8, 4) is 5.75 Å². The molecule has 1 atom stereocenters. The molecule has 3 saturated carbocycles. The number of nitrogens with zero attached hydrogens (tertiary/aromatic N) is 2. The fourth-order valence-corrected chi connectivity index (χ4v) is 5.10. The summed E-state index contributed by atoms with van der Waals surface area (Å²) in [7, 11) is 1.73. The number of fused-ring (bicyclic) bond motifs is 3. The first-order valence-corrected chi connectivity index (χ1v) is 11.2. The van der Waals surface area contributed by atoms with Crippen LogP contribution >= 0.6 is 23.2 Å². The van der Waals surface area contributed by atoms with Crippen LogP contribution in [0.1, 0.15) is 48.4 Å². The number of amides is 2. The summed E-state index contributed by atoms with van der Waals surface area (Å²) < 4.78 is 10.6. The number of halogens is 2. The lowest BCUT2D eigenvalue weighted by Gasteiger charge is -2.58. The summed E-state index contributed by atoms with van der Waals surface area (Å²) >= 11 is 11.9. The third-order valence-corrected chi connectivity index (χ3v) is 7.53. The van der Waals surface area contributed by atoms with Crippen LogP contribution < -0.4 is 10.1 Å². The van der Waals surface area contributed by atoms with E-state index in [0.29, 0.717) is 53.6 Å². The Morgan fingerprint density at radius 3 is 2.56 bits per heavy atom. The van der Waals surface area contributed by atoms with Crippen molar-refractivity contribution >= 4 is 35.0 Å². The van der Waals surface area contributed by atoms with Gasteiger partial charge in [0, 0.05) is 24.7 Å². The highest BCUT2D eigenvalue weighted by molar-refractivity contribution is 6.42. The summed E-state index contributed by atoms with van der Waals surface area (Å²) in [4.78, 5) is 27.1. The van der Waals surface area contributed by atoms with Gasteiger partial charge in [0.25, 0.3) is 11.8 Å². The van der Waals surface area contributed by atoms with Crippen LogP contribution in [0, 0.1) is 6.92 Å². The van der Waals surface area contributed by atoms with Gasteiger partial charge in [0.1, 0.15) is 5.75 Å². The number of carbonyl (C=O) groups is 2. The molecule has 2 aromatic rings. The van der Waals surface area contributed by atoms with Gasteiger partial charge >= 0.3 is 0 Å². The molecule has 10 heteroatoms. The first kappa shape index (κ1) is 22.9. The number of aryl methyl sites for hydroxylation is 1. The fourth-order valence-electron chi connectivity index (χ4n) is 4.81. The zero-order valence-electron chi connectivity index (χ0n) is 17.9. The Labute approximate surface area is 195 Å². The molecular formula is C22H25Cl2N3O5. The SMILES string of the molecule is Cc1cc(C(=O)N(C)C23CCC(NC(=O)COc4ccc(Cl)c(Cl)c4)(CC2)[C@@H](O)C3)on1. The number of aliphatic hydroxyl groups is 1. The molecule has 8 nitrogen and oxygen atoms in total. The van der Waals surface area contributed by atoms with Crippen LogP contribution in [-0.2, 0) is 4.79 Å². The number of hydrogen-bond acceptors (Lipinski definition) is 6. The van der Waals surface area contributed by atoms with Crippen molar-refractivity contribution in [3.63, 3.8) is 0 Å². The van der Waals surface area contributed by atoms with Crippen LogP contribution in [0.2, 0.25) is 10.0 Å². The van der Waals surface area contributed by atoms with E-state index in [4.69, 9.17) is 32.5 Å². The molecule has 3 fully saturated rings. The summed E-state index contributed by atoms with van der Waals surface area (Å²) in [6.45, 7) is 1.55. The van der Waals surface area contributed by atoms with E-state index in [1.807, 2.05) is 0 Å². The van der Waals surface area contributed by atoms with Gasteiger partial charge in [-0.2, -0.15) is 0 Å². The Morgan fingerprint density at radius 2 is 1.97 bits per heavy atom. The van der Waals surface area contributed by atoms with E-state index in [1.54, 1.807) is 43.1 Å². The largest absolute Gasteiger partial charge is 0.484 e. The lowest BCUT2D eigenvalue weighted by Crippen LogP contribution is -2.70. The quantitative estimate of drug-likeness (QED) is 0.654. The second kappa shape index (κ2) is 8.57. The molecule has 0 spiro atoms. The smallest absolute Gasteiger partial charge is 0.292 e. The molecule has 0 aliphatic heterocycles. The summed E-state index contributed by atoms with van der Waals surface area (Å²) in [5.41, 5.74) is -0.580. The minimum atomic E-state index is -0.786. The molecule has 0 radical (unpaired) electrons. The summed E-state index contributed by atoms with van der Waals surface area (Å²) in [6.07, 6.45) is 2.02. The van der Waals surface area contributed by atoms with Gasteiger partial charge in [-0.05, 0) is 51.2 Å². The number of nitrogens with one attached hydrogen (secondary N) is 1. The van der Waals surface area contributed by atoms with E-state index in [1.165, 1.54) is 0 Å². The summed E-state index contributed by atoms with van der Waals surface area (Å²) in [5, 5.41) is 18.5. The van der Waals surface area contributed by atoms with Gasteiger partial charge in [0.2, 0.25) is 5.76 Å². The normalized spacial score (nSPS) is 26.6. The molecule has 0 unspecified atom stereocenters. The zero-order valence-corrected chi connectivity index (χ0v) is 19.4. The minimum Gasteiger partial charge on any atom is -0.484 e. The molecule has 1 aromatic carbocycles. The van der Waals surface area contributed by atoms with Crippen molar-refractivity contribution in [2.45, 2.75) is 56.2 Å². The summed E-state index contributed by atoms with van der Waals surface area (Å²) in [6, 6.07) is 6.38. The molecule has 5 rings (SSSR count). The average molecular weight is 482 g/mol. The van der Waals surface area contributed by atoms with Crippen molar-refractivity contribution in [2.75, 3.05) is 13.7 Å². The molecule has 32 heavy (non-hydrogen) atoms. The first-order chi connectivity index (χ1) is 15.1. The maximum absolute atomic E-state index is 12.9. The van der Waals surface area contributed by atoms with Crippen LogP contribution in [0.3, 0.4) is 0 Å². The van der Waals surface area contributed by atoms with Crippen molar-refractivity contribution in [3.05, 3.63) is 45.8 Å². The third-order valence-electron chi connectivity index (χ3n) is 6.79. The van der Waals surface area contributed by atoms with Gasteiger partial charge in [-0.1, -0.05) is 28.4 Å². The van der Waals surface area contributed by atoms with Crippen LogP contribution in [0.5, 0.6) is 5.75 Å². The molecular weight excluding hydrogens is 457 g/mol. The number of aliphatic hydroxyl groups excluding tert-OH is 1. The zero-order chi connectivity index (χ0) is 23.1. The summed E-state index contributed by atoms with van der Waals surface area (Å²) in [5.74, 6) is 0.0306. The topological polar surface area (TPSA) is 105 Å². The Hall–Kier alpha value is -2.29. The first-order valence-electron chi connectivity index (χ1n) is 10.4. The van der Waals surface area contributed by atoms with E-state index in [0.717, 1.165) is 0 Å². The van der Waals surface area contributed by atoms with Crippen LogP contribution in [-0.4, -0.2) is 57.8 Å². The molecule has 3 aliphatic carbocycles. The van der Waals surface area contributed by atoms with E-state index >= 15 is 0 Å². The fraction of sp³-hybridized carbons (Fsp3) is 0.500. The van der Waals surface area contributed by atoms with Crippen molar-refractivity contribution < 1.29 is 24.0 Å². The van der Waals surface area contributed by atoms with Gasteiger partial charge in [0.15, 0.2) is 6.61 Å². The highest BCUT2D eigenvalue weighted by atomic mass is 35.5. The van der Waals surface area contributed by atoms with Crippen LogP contribution in [0.15, 0.2) is 28.8 Å². The number of hydrogen-bond donors (Lipinski definition) is 2. The molecule has 172 valence electrons. The Bertz CT molecular complexity index is 1030. The highest BCUT2D eigenvalue weighted by Gasteiger charge is 2.57. The predicted molar refractivity (Wildman–Crippen MR) is 118 cm³/mol. The highest BCUT2D eigenvalue weighted by Crippen LogP contribution is 2.50. The van der Waals surface area contributed by atoms with Crippen LogP contribution in [0.4, 0.5) is 0 Å². The maximum atomic E-state index is 12.9. The third kappa shape index (κ3) is 4.19. The number of benzene rings is 1. The van der Waals surface area contributed by atoms with Crippen molar-refractivity contribution in [1.29, 1.82) is 0 Å². The average Bonchev–Trinajstić information content (AvgIpc) is 3.21. The monoisotopic (exact) mass is 481 g/mol. The van der Waals surface area contributed by atoms with E-state index in [-0.39, 0.29) is 24.2 Å². The number of aromatic nitrogens is 1. The van der Waals surface area contributed by atoms with Crippen molar-refractivity contribution in [1.82, 2.24) is 15.4 Å². The van der Waals surface area contributed by atoms with Crippen molar-refractivity contribution in [2.24, 2.45) is 0 Å². The second-order valence-corrected chi connectivity index (χ2v) is 9.52. The standard InChI is InChI=1S/C22H25Cl2N3O5/c1-13-9-17(32-26-13)20(30)27(2)21-5-7-22(8-6-21,18(28)11-21)25-19(29)12-31-14-3-4-15(23)16(24)10-14/h3-4,9-10,18,28H,5-8,11-12H2,1-2H3,(H,25,29)/t18-,21?,22?/m0/s1. The minimum absolute atomic E-state index is 0.184. The van der Waals surface area contributed by atoms with Gasteiger partial charge in [-0.25, -0.2) is 0 Å². The van der Waals surface area contributed by atoms with Gasteiger partial charge in [0.05, 0.1) is 27.4 Å². The molecule has 3 aliphatic rings. The molecule has 0 saturated heterocycles. The van der Waals surface area contributed by atoms with Gasteiger partial charge < -0.3 is 24.6 Å². The van der Waals surface area contributed by atoms with E-state index in [2.05, 4.69) is 10.5 Å².